The highest BCUT2D eigenvalue weighted by atomic mass is 127. The number of pyridine rings is 1. The van der Waals surface area contributed by atoms with E-state index in [4.69, 9.17) is 23.2 Å². The van der Waals surface area contributed by atoms with Gasteiger partial charge in [-0.25, -0.2) is 0 Å². The van der Waals surface area contributed by atoms with Gasteiger partial charge in [0.05, 0.1) is 19.5 Å². The molecule has 1 aromatic heterocycles. The topological polar surface area (TPSA) is 32.9 Å². The third kappa shape index (κ3) is 1.64. The van der Waals surface area contributed by atoms with Gasteiger partial charge in [0, 0.05) is 11.2 Å². The van der Waals surface area contributed by atoms with E-state index in [0.29, 0.717) is 24.5 Å². The molecule has 72 valence electrons. The molecule has 0 spiro atoms. The highest BCUT2D eigenvalue weighted by Crippen LogP contribution is 2.24. The molecule has 2 nitrogen and oxygen atoms in total. The van der Waals surface area contributed by atoms with Crippen LogP contribution in [0.5, 0.6) is 0 Å². The molecule has 5 heteroatoms. The van der Waals surface area contributed by atoms with Crippen LogP contribution in [0.1, 0.15) is 0 Å². The molecule has 0 aliphatic rings. The molecule has 0 radical (unpaired) electrons. The first-order chi connectivity index (χ1) is 6.59. The van der Waals surface area contributed by atoms with Crippen LogP contribution in [0.15, 0.2) is 23.1 Å². The molecule has 0 aliphatic heterocycles. The van der Waals surface area contributed by atoms with Gasteiger partial charge in [0.15, 0.2) is 0 Å². The van der Waals surface area contributed by atoms with E-state index >= 15 is 0 Å². The molecule has 1 N–H and O–H groups in total. The molecule has 0 bridgehead atoms. The first-order valence-corrected chi connectivity index (χ1v) is 5.59. The van der Waals surface area contributed by atoms with Gasteiger partial charge >= 0.3 is 0 Å². The van der Waals surface area contributed by atoms with E-state index < -0.39 is 0 Å². The van der Waals surface area contributed by atoms with Gasteiger partial charge in [-0.3, -0.25) is 4.79 Å². The molecule has 0 fully saturated rings. The van der Waals surface area contributed by atoms with E-state index in [9.17, 15) is 4.79 Å². The molecule has 0 aliphatic carbocycles. The van der Waals surface area contributed by atoms with Crippen molar-refractivity contribution in [2.24, 2.45) is 0 Å². The molecular weight excluding hydrogens is 336 g/mol. The summed E-state index contributed by atoms with van der Waals surface area (Å²) in [5, 5.41) is 1.38. The minimum Gasteiger partial charge on any atom is -0.360 e. The van der Waals surface area contributed by atoms with Gasteiger partial charge in [-0.05, 0) is 34.7 Å². The molecule has 2 aromatic rings. The third-order valence-corrected chi connectivity index (χ3v) is 3.17. The Bertz CT molecular complexity index is 564. The zero-order valence-electron chi connectivity index (χ0n) is 6.77. The van der Waals surface area contributed by atoms with Gasteiger partial charge in [0.2, 0.25) is 5.43 Å². The summed E-state index contributed by atoms with van der Waals surface area (Å²) in [7, 11) is 0. The first kappa shape index (κ1) is 10.3. The van der Waals surface area contributed by atoms with Crippen LogP contribution in [0, 0.1) is 3.57 Å². The van der Waals surface area contributed by atoms with Crippen molar-refractivity contribution in [3.05, 3.63) is 42.2 Å². The number of rotatable bonds is 0. The lowest BCUT2D eigenvalue weighted by Gasteiger charge is -2.01. The van der Waals surface area contributed by atoms with Crippen LogP contribution in [-0.4, -0.2) is 4.98 Å². The third-order valence-electron chi connectivity index (χ3n) is 1.85. The largest absolute Gasteiger partial charge is 0.360 e. The number of H-pyrrole nitrogens is 1. The maximum absolute atomic E-state index is 11.7. The molecule has 0 atom stereocenters. The summed E-state index contributed by atoms with van der Waals surface area (Å²) in [4.78, 5) is 14.7. The average Bonchev–Trinajstić information content (AvgIpc) is 2.10. The molecule has 0 unspecified atom stereocenters. The fraction of sp³-hybridized carbons (Fsp3) is 0. The van der Waals surface area contributed by atoms with Gasteiger partial charge in [-0.1, -0.05) is 23.2 Å². The predicted octanol–water partition coefficient (Wildman–Crippen LogP) is 3.44. The maximum Gasteiger partial charge on any atom is 0.204 e. The average molecular weight is 340 g/mol. The van der Waals surface area contributed by atoms with Crippen LogP contribution in [0.4, 0.5) is 0 Å². The Morgan fingerprint density at radius 1 is 1.29 bits per heavy atom. The highest BCUT2D eigenvalue weighted by Gasteiger charge is 2.07. The molecular formula is C9H4Cl2INO. The minimum absolute atomic E-state index is 0.0685. The molecule has 2 rings (SSSR count). The van der Waals surface area contributed by atoms with Gasteiger partial charge in [-0.15, -0.1) is 0 Å². The number of aromatic amines is 1. The van der Waals surface area contributed by atoms with Gasteiger partial charge in [-0.2, -0.15) is 0 Å². The molecule has 0 saturated heterocycles. The Balaban J connectivity index is 3.03. The molecule has 0 saturated carbocycles. The second kappa shape index (κ2) is 3.72. The Hall–Kier alpha value is -0.260. The summed E-state index contributed by atoms with van der Waals surface area (Å²) in [6, 6.07) is 3.25. The lowest BCUT2D eigenvalue weighted by Crippen LogP contribution is -2.06. The monoisotopic (exact) mass is 339 g/mol. The van der Waals surface area contributed by atoms with E-state index in [1.807, 2.05) is 22.6 Å². The number of fused-ring (bicyclic) bond motifs is 1. The van der Waals surface area contributed by atoms with Crippen LogP contribution in [-0.2, 0) is 0 Å². The van der Waals surface area contributed by atoms with Crippen molar-refractivity contribution in [3.63, 3.8) is 0 Å². The molecule has 1 heterocycles. The standard InChI is InChI=1S/C9H4Cl2INO/c10-4-1-5(11)8-7(2-4)13-3-6(12)9(8)14/h1-3H,(H,13,14). The zero-order chi connectivity index (χ0) is 10.3. The van der Waals surface area contributed by atoms with Crippen molar-refractivity contribution in [3.8, 4) is 0 Å². The number of nitrogens with one attached hydrogen (secondary N) is 1. The molecule has 1 aromatic carbocycles. The van der Waals surface area contributed by atoms with Crippen molar-refractivity contribution in [2.75, 3.05) is 0 Å². The van der Waals surface area contributed by atoms with Crippen LogP contribution in [0.3, 0.4) is 0 Å². The van der Waals surface area contributed by atoms with Crippen LogP contribution >= 0.6 is 45.8 Å². The van der Waals surface area contributed by atoms with Crippen molar-refractivity contribution in [1.29, 1.82) is 0 Å². The van der Waals surface area contributed by atoms with Crippen molar-refractivity contribution in [1.82, 2.24) is 4.98 Å². The van der Waals surface area contributed by atoms with E-state index in [0.717, 1.165) is 0 Å². The summed E-state index contributed by atoms with van der Waals surface area (Å²) >= 11 is 13.7. The van der Waals surface area contributed by atoms with Crippen LogP contribution < -0.4 is 5.43 Å². The fourth-order valence-corrected chi connectivity index (χ4v) is 2.25. The van der Waals surface area contributed by atoms with Gasteiger partial charge < -0.3 is 4.98 Å². The van der Waals surface area contributed by atoms with Crippen molar-refractivity contribution < 1.29 is 0 Å². The quantitative estimate of drug-likeness (QED) is 0.733. The van der Waals surface area contributed by atoms with E-state index in [1.54, 1.807) is 18.3 Å². The summed E-state index contributed by atoms with van der Waals surface area (Å²) < 4.78 is 0.610. The van der Waals surface area contributed by atoms with Gasteiger partial charge in [0.25, 0.3) is 0 Å². The Kier molecular flexibility index (Phi) is 2.72. The van der Waals surface area contributed by atoms with Crippen molar-refractivity contribution >= 4 is 56.7 Å². The number of hydrogen-bond acceptors (Lipinski definition) is 1. The Labute approximate surface area is 103 Å². The summed E-state index contributed by atoms with van der Waals surface area (Å²) in [6.45, 7) is 0. The van der Waals surface area contributed by atoms with Crippen LogP contribution in [0.2, 0.25) is 10.0 Å². The maximum atomic E-state index is 11.7. The smallest absolute Gasteiger partial charge is 0.204 e. The number of benzene rings is 1. The number of hydrogen-bond donors (Lipinski definition) is 1. The second-order valence-electron chi connectivity index (χ2n) is 2.78. The summed E-state index contributed by atoms with van der Waals surface area (Å²) in [6.07, 6.45) is 1.64. The van der Waals surface area contributed by atoms with Gasteiger partial charge in [0.1, 0.15) is 0 Å². The van der Waals surface area contributed by atoms with Crippen molar-refractivity contribution in [2.45, 2.75) is 0 Å². The Morgan fingerprint density at radius 3 is 2.71 bits per heavy atom. The predicted molar refractivity (Wildman–Crippen MR) is 67.3 cm³/mol. The highest BCUT2D eigenvalue weighted by molar-refractivity contribution is 14.1. The minimum atomic E-state index is -0.0685. The summed E-state index contributed by atoms with van der Waals surface area (Å²) in [5.41, 5.74) is 0.592. The second-order valence-corrected chi connectivity index (χ2v) is 4.78. The number of halogens is 3. The summed E-state index contributed by atoms with van der Waals surface area (Å²) in [5.74, 6) is 0. The number of aromatic nitrogens is 1. The fourth-order valence-electron chi connectivity index (χ4n) is 1.24. The van der Waals surface area contributed by atoms with E-state index in [2.05, 4.69) is 4.98 Å². The zero-order valence-corrected chi connectivity index (χ0v) is 10.4. The lowest BCUT2D eigenvalue weighted by molar-refractivity contribution is 1.36. The Morgan fingerprint density at radius 2 is 2.00 bits per heavy atom. The normalized spacial score (nSPS) is 10.8. The molecule has 14 heavy (non-hydrogen) atoms. The van der Waals surface area contributed by atoms with E-state index in [1.165, 1.54) is 0 Å². The lowest BCUT2D eigenvalue weighted by atomic mass is 10.2. The molecule has 0 amide bonds. The van der Waals surface area contributed by atoms with Crippen LogP contribution in [0.25, 0.3) is 10.9 Å². The van der Waals surface area contributed by atoms with E-state index in [-0.39, 0.29) is 5.43 Å². The first-order valence-electron chi connectivity index (χ1n) is 3.75. The SMILES string of the molecule is O=c1c(I)c[nH]c2cc(Cl)cc(Cl)c12.